The Bertz CT molecular complexity index is 429. The molecule has 1 rings (SSSR count). The second kappa shape index (κ2) is 5.50. The first-order valence-corrected chi connectivity index (χ1v) is 7.27. The van der Waals surface area contributed by atoms with E-state index in [1.807, 2.05) is 0 Å². The molecule has 0 spiro atoms. The van der Waals surface area contributed by atoms with Crippen molar-refractivity contribution in [1.82, 2.24) is 0 Å². The van der Waals surface area contributed by atoms with Crippen LogP contribution in [0.3, 0.4) is 0 Å². The van der Waals surface area contributed by atoms with Crippen LogP contribution in [0.15, 0.2) is 24.3 Å². The number of nitrogens with zero attached hydrogens (tertiary/aromatic N) is 1. The zero-order valence-electron chi connectivity index (χ0n) is 8.95. The predicted molar refractivity (Wildman–Crippen MR) is 65.1 cm³/mol. The fourth-order valence-electron chi connectivity index (χ4n) is 1.23. The maximum atomic E-state index is 10.8. The van der Waals surface area contributed by atoms with Crippen molar-refractivity contribution >= 4 is 24.0 Å². The highest BCUT2D eigenvalue weighted by atomic mass is 32.5. The molecule has 0 unspecified atom stereocenters. The molecule has 0 radical (unpaired) electrons. The lowest BCUT2D eigenvalue weighted by Crippen LogP contribution is -1.98. The first-order chi connectivity index (χ1) is 7.52. The summed E-state index contributed by atoms with van der Waals surface area (Å²) in [5.41, 5.74) is 0.588. The molecule has 0 bridgehead atoms. The van der Waals surface area contributed by atoms with Gasteiger partial charge in [-0.05, 0) is 11.8 Å². The lowest BCUT2D eigenvalue weighted by atomic mass is 10.2. The quantitative estimate of drug-likeness (QED) is 0.463. The normalized spacial score (nSPS) is 11.4. The van der Waals surface area contributed by atoms with Crippen LogP contribution in [0.4, 0.5) is 5.69 Å². The zero-order chi connectivity index (χ0) is 12.2. The van der Waals surface area contributed by atoms with Gasteiger partial charge < -0.3 is 9.05 Å². The molecule has 0 saturated heterocycles. The number of hydrogen-bond acceptors (Lipinski definition) is 5. The largest absolute Gasteiger partial charge is 0.332 e. The molecule has 0 heterocycles. The average molecular weight is 261 g/mol. The van der Waals surface area contributed by atoms with E-state index in [4.69, 9.17) is 20.9 Å². The molecule has 0 aliphatic rings. The molecule has 0 fully saturated rings. The molecule has 1 aromatic carbocycles. The Kier molecular flexibility index (Phi) is 4.56. The molecular formula is C9H12NO4PS. The Balaban J connectivity index is 3.06. The third kappa shape index (κ3) is 3.09. The van der Waals surface area contributed by atoms with Gasteiger partial charge in [0.05, 0.1) is 11.1 Å². The van der Waals surface area contributed by atoms with Gasteiger partial charge in [0, 0.05) is 25.8 Å². The second-order valence-electron chi connectivity index (χ2n) is 3.02. The molecule has 1 aromatic rings. The van der Waals surface area contributed by atoms with Crippen molar-refractivity contribution in [2.45, 2.75) is 6.16 Å². The number of benzene rings is 1. The van der Waals surface area contributed by atoms with E-state index in [1.165, 1.54) is 20.3 Å². The lowest BCUT2D eigenvalue weighted by Gasteiger charge is -2.17. The Labute approximate surface area is 98.7 Å². The minimum Gasteiger partial charge on any atom is -0.332 e. The first kappa shape index (κ1) is 13.3. The minimum atomic E-state index is -2.44. The second-order valence-corrected chi connectivity index (χ2v) is 6.96. The third-order valence-electron chi connectivity index (χ3n) is 2.11. The predicted octanol–water partition coefficient (Wildman–Crippen LogP) is 2.70. The summed E-state index contributed by atoms with van der Waals surface area (Å²) in [5, 5.41) is 10.8. The topological polar surface area (TPSA) is 61.6 Å². The Morgan fingerprint density at radius 2 is 1.94 bits per heavy atom. The first-order valence-electron chi connectivity index (χ1n) is 4.45. The van der Waals surface area contributed by atoms with E-state index in [0.29, 0.717) is 5.56 Å². The van der Waals surface area contributed by atoms with Crippen LogP contribution in [0.2, 0.25) is 0 Å². The van der Waals surface area contributed by atoms with E-state index in [1.54, 1.807) is 18.2 Å². The van der Waals surface area contributed by atoms with Crippen LogP contribution < -0.4 is 0 Å². The SMILES string of the molecule is COP(=S)(Cc1ccccc1[N+](=O)[O-])OC. The molecule has 16 heavy (non-hydrogen) atoms. The van der Waals surface area contributed by atoms with Gasteiger partial charge in [0.15, 0.2) is 6.49 Å². The van der Waals surface area contributed by atoms with Crippen molar-refractivity contribution in [3.05, 3.63) is 39.9 Å². The maximum Gasteiger partial charge on any atom is 0.273 e. The summed E-state index contributed by atoms with van der Waals surface area (Å²) in [5.74, 6) is 0. The van der Waals surface area contributed by atoms with Crippen LogP contribution in [0.1, 0.15) is 5.56 Å². The highest BCUT2D eigenvalue weighted by Gasteiger charge is 2.22. The summed E-state index contributed by atoms with van der Waals surface area (Å²) >= 11 is 5.18. The maximum absolute atomic E-state index is 10.8. The summed E-state index contributed by atoms with van der Waals surface area (Å²) in [6.07, 6.45) is 0.256. The molecule has 7 heteroatoms. The van der Waals surface area contributed by atoms with Crippen LogP contribution in [0.25, 0.3) is 0 Å². The minimum absolute atomic E-state index is 0.0471. The van der Waals surface area contributed by atoms with Crippen molar-refractivity contribution in [2.75, 3.05) is 14.2 Å². The van der Waals surface area contributed by atoms with Gasteiger partial charge in [-0.1, -0.05) is 18.2 Å². The molecule has 0 atom stereocenters. The molecule has 0 aromatic heterocycles. The van der Waals surface area contributed by atoms with Crippen LogP contribution in [0.5, 0.6) is 0 Å². The van der Waals surface area contributed by atoms with E-state index >= 15 is 0 Å². The average Bonchev–Trinajstić information content (AvgIpc) is 2.29. The molecule has 0 amide bonds. The monoisotopic (exact) mass is 261 g/mol. The summed E-state index contributed by atoms with van der Waals surface area (Å²) < 4.78 is 10.2. The van der Waals surface area contributed by atoms with Crippen LogP contribution >= 0.6 is 6.49 Å². The van der Waals surface area contributed by atoms with Gasteiger partial charge in [-0.15, -0.1) is 0 Å². The highest BCUT2D eigenvalue weighted by Crippen LogP contribution is 2.51. The smallest absolute Gasteiger partial charge is 0.273 e. The van der Waals surface area contributed by atoms with E-state index in [0.717, 1.165) is 0 Å². The highest BCUT2D eigenvalue weighted by molar-refractivity contribution is 8.09. The van der Waals surface area contributed by atoms with Crippen molar-refractivity contribution in [1.29, 1.82) is 0 Å². The molecule has 0 aliphatic carbocycles. The van der Waals surface area contributed by atoms with Gasteiger partial charge in [0.2, 0.25) is 0 Å². The number of nitro benzene ring substituents is 1. The standard InChI is InChI=1S/C9H12NO4PS/c1-13-15(16,14-2)7-8-5-3-4-6-9(8)10(11)12/h3-6H,7H2,1-2H3. The molecule has 88 valence electrons. The van der Waals surface area contributed by atoms with Gasteiger partial charge in [-0.25, -0.2) is 0 Å². The van der Waals surface area contributed by atoms with E-state index < -0.39 is 11.4 Å². The molecule has 0 saturated carbocycles. The van der Waals surface area contributed by atoms with Crippen molar-refractivity contribution < 1.29 is 14.0 Å². The fourth-order valence-corrected chi connectivity index (χ4v) is 2.74. The summed E-state index contributed by atoms with van der Waals surface area (Å²) in [4.78, 5) is 10.4. The van der Waals surface area contributed by atoms with Gasteiger partial charge in [0.25, 0.3) is 5.69 Å². The molecule has 0 aliphatic heterocycles. The van der Waals surface area contributed by atoms with E-state index in [9.17, 15) is 10.1 Å². The summed E-state index contributed by atoms with van der Waals surface area (Å²) in [7, 11) is 2.91. The number of nitro groups is 1. The van der Waals surface area contributed by atoms with Crippen LogP contribution in [-0.2, 0) is 27.0 Å². The number of hydrogen-bond donors (Lipinski definition) is 0. The Hall–Kier alpha value is -0.810. The van der Waals surface area contributed by atoms with E-state index in [-0.39, 0.29) is 11.8 Å². The van der Waals surface area contributed by atoms with Crippen LogP contribution in [-0.4, -0.2) is 19.1 Å². The lowest BCUT2D eigenvalue weighted by molar-refractivity contribution is -0.385. The summed E-state index contributed by atoms with van der Waals surface area (Å²) in [6, 6.07) is 6.45. The Morgan fingerprint density at radius 1 is 1.38 bits per heavy atom. The van der Waals surface area contributed by atoms with Crippen molar-refractivity contribution in [3.8, 4) is 0 Å². The zero-order valence-corrected chi connectivity index (χ0v) is 10.7. The van der Waals surface area contributed by atoms with Crippen LogP contribution in [0, 0.1) is 10.1 Å². The van der Waals surface area contributed by atoms with Crippen molar-refractivity contribution in [3.63, 3.8) is 0 Å². The van der Waals surface area contributed by atoms with Gasteiger partial charge in [0.1, 0.15) is 0 Å². The fraction of sp³-hybridized carbons (Fsp3) is 0.333. The molecular weight excluding hydrogens is 249 g/mol. The van der Waals surface area contributed by atoms with Crippen molar-refractivity contribution in [2.24, 2.45) is 0 Å². The van der Waals surface area contributed by atoms with E-state index in [2.05, 4.69) is 0 Å². The Morgan fingerprint density at radius 3 is 2.44 bits per heavy atom. The van der Waals surface area contributed by atoms with Gasteiger partial charge >= 0.3 is 0 Å². The van der Waals surface area contributed by atoms with Gasteiger partial charge in [-0.3, -0.25) is 10.1 Å². The van der Waals surface area contributed by atoms with Gasteiger partial charge in [-0.2, -0.15) is 0 Å². The third-order valence-corrected chi connectivity index (χ3v) is 5.23. The molecule has 5 nitrogen and oxygen atoms in total. The summed E-state index contributed by atoms with van der Waals surface area (Å²) in [6.45, 7) is -2.44. The number of rotatable bonds is 5. The number of para-hydroxylation sites is 1. The molecule has 0 N–H and O–H groups in total.